The van der Waals surface area contributed by atoms with E-state index in [9.17, 15) is 0 Å². The topological polar surface area (TPSA) is 96.2 Å². The molecule has 0 aromatic carbocycles. The zero-order valence-corrected chi connectivity index (χ0v) is 28.5. The first-order valence-electron chi connectivity index (χ1n) is 17.9. The van der Waals surface area contributed by atoms with Gasteiger partial charge in [-0.2, -0.15) is 0 Å². The van der Waals surface area contributed by atoms with Gasteiger partial charge in [0.2, 0.25) is 0 Å². The predicted molar refractivity (Wildman–Crippen MR) is 173 cm³/mol. The predicted octanol–water partition coefficient (Wildman–Crippen LogP) is 3.22. The summed E-state index contributed by atoms with van der Waals surface area (Å²) in [6.07, 6.45) is 25.6. The molecule has 5 aliphatic heterocycles. The van der Waals surface area contributed by atoms with Gasteiger partial charge in [-0.1, -0.05) is 51.4 Å². The molecule has 9 rings (SSSR count). The van der Waals surface area contributed by atoms with E-state index in [1.165, 1.54) is 103 Å². The van der Waals surface area contributed by atoms with Crippen LogP contribution in [-0.2, 0) is 17.1 Å². The van der Waals surface area contributed by atoms with Crippen LogP contribution in [0, 0.1) is 47.3 Å². The van der Waals surface area contributed by atoms with Crippen LogP contribution in [0.3, 0.4) is 0 Å². The minimum Gasteiger partial charge on any atom is -0.286 e. The average molecular weight is 744 g/mol. The molecule has 0 spiro atoms. The first-order valence-corrected chi connectivity index (χ1v) is 17.9. The van der Waals surface area contributed by atoms with E-state index in [1.807, 2.05) is 0 Å². The zero-order chi connectivity index (χ0) is 26.2. The Balaban J connectivity index is 0.00000144. The maximum atomic E-state index is 4.26. The van der Waals surface area contributed by atoms with Gasteiger partial charge in [0.05, 0.1) is 49.3 Å². The third-order valence-electron chi connectivity index (χ3n) is 13.8. The van der Waals surface area contributed by atoms with Gasteiger partial charge in [-0.25, -0.2) is 0 Å². The number of nitrogens with one attached hydrogen (secondary N) is 8. The maximum absolute atomic E-state index is 4.26. The summed E-state index contributed by atoms with van der Waals surface area (Å²) in [7, 11) is 0. The normalized spacial score (nSPS) is 54.9. The van der Waals surface area contributed by atoms with E-state index in [2.05, 4.69) is 42.5 Å². The smallest absolute Gasteiger partial charge is 0.0628 e. The number of fused-ring (bicyclic) bond motifs is 20. The Morgan fingerprint density at radius 2 is 0.357 bits per heavy atom. The van der Waals surface area contributed by atoms with Gasteiger partial charge in [0.25, 0.3) is 0 Å². The summed E-state index contributed by atoms with van der Waals surface area (Å²) in [6, 6.07) is 0. The third-order valence-corrected chi connectivity index (χ3v) is 13.8. The number of hydrogen-bond acceptors (Lipinski definition) is 8. The maximum Gasteiger partial charge on any atom is 0.0628 e. The molecule has 10 heteroatoms. The number of halogens is 1. The molecular weight excluding hydrogens is 687 g/mol. The molecule has 5 saturated heterocycles. The molecule has 1 radical (unpaired) electrons. The van der Waals surface area contributed by atoms with Crippen LogP contribution < -0.4 is 42.5 Å². The average Bonchev–Trinajstić information content (AvgIpc) is 3.73. The van der Waals surface area contributed by atoms with Gasteiger partial charge in [0.1, 0.15) is 0 Å². The molecule has 4 saturated carbocycles. The van der Waals surface area contributed by atoms with Crippen molar-refractivity contribution in [2.75, 3.05) is 0 Å². The second kappa shape index (κ2) is 13.2. The Bertz CT molecular complexity index is 723. The third kappa shape index (κ3) is 5.50. The molecule has 0 aromatic heterocycles. The van der Waals surface area contributed by atoms with Crippen molar-refractivity contribution in [1.29, 1.82) is 0 Å². The molecule has 4 aliphatic carbocycles. The molecule has 8 nitrogen and oxygen atoms in total. The van der Waals surface area contributed by atoms with Crippen LogP contribution in [0.25, 0.3) is 0 Å². The number of hydrogen-bond donors (Lipinski definition) is 8. The standard InChI is InChI=1S/C32H56N8.Cu.HI/c1-2-10-18-17(9-1)25-33-26(18)38-28-21-13-5-6-14-22(21)30(35-28)40-32-24-16-8-7-15-23(24)31(36-32)39-29-20-12-4-3-11-19(20)27(34-29)37-25;;/h17-40H,1-16H2;;1H. The van der Waals surface area contributed by atoms with Gasteiger partial charge in [-0.3, -0.25) is 42.5 Å². The molecule has 0 amide bonds. The molecule has 42 heavy (non-hydrogen) atoms. The Labute approximate surface area is 281 Å². The summed E-state index contributed by atoms with van der Waals surface area (Å²) >= 11 is 0. The van der Waals surface area contributed by atoms with Crippen LogP contribution in [0.15, 0.2) is 0 Å². The van der Waals surface area contributed by atoms with Crippen LogP contribution in [-0.4, -0.2) is 49.3 Å². The van der Waals surface area contributed by atoms with E-state index in [4.69, 9.17) is 0 Å². The molecule has 243 valence electrons. The second-order valence-electron chi connectivity index (χ2n) is 15.6. The summed E-state index contributed by atoms with van der Waals surface area (Å²) in [5.74, 6) is 5.97. The van der Waals surface area contributed by atoms with Crippen LogP contribution in [0.4, 0.5) is 0 Å². The minimum atomic E-state index is 0. The second-order valence-corrected chi connectivity index (χ2v) is 15.6. The molecular formula is C32H57CuIN8. The zero-order valence-electron chi connectivity index (χ0n) is 25.3. The van der Waals surface area contributed by atoms with Crippen LogP contribution in [0.5, 0.6) is 0 Å². The van der Waals surface area contributed by atoms with Gasteiger partial charge in [-0.05, 0) is 98.7 Å². The van der Waals surface area contributed by atoms with E-state index in [-0.39, 0.29) is 41.0 Å². The fraction of sp³-hybridized carbons (Fsp3) is 1.00. The van der Waals surface area contributed by atoms with Crippen molar-refractivity contribution < 1.29 is 17.1 Å². The van der Waals surface area contributed by atoms with Crippen LogP contribution in [0.2, 0.25) is 0 Å². The van der Waals surface area contributed by atoms with Crippen molar-refractivity contribution >= 4 is 24.0 Å². The largest absolute Gasteiger partial charge is 0.286 e. The van der Waals surface area contributed by atoms with Crippen molar-refractivity contribution in [2.45, 2.75) is 152 Å². The Kier molecular flexibility index (Phi) is 9.91. The fourth-order valence-electron chi connectivity index (χ4n) is 12.0. The summed E-state index contributed by atoms with van der Waals surface area (Å²) in [5, 5.41) is 33.8. The van der Waals surface area contributed by atoms with Crippen LogP contribution in [0.1, 0.15) is 103 Å². The van der Waals surface area contributed by atoms with Crippen molar-refractivity contribution in [1.82, 2.24) is 42.5 Å². The van der Waals surface area contributed by atoms with E-state index in [0.29, 0.717) is 49.3 Å². The van der Waals surface area contributed by atoms with Gasteiger partial charge in [0.15, 0.2) is 0 Å². The van der Waals surface area contributed by atoms with Gasteiger partial charge < -0.3 is 0 Å². The molecule has 8 bridgehead atoms. The van der Waals surface area contributed by atoms with E-state index >= 15 is 0 Å². The summed E-state index contributed by atoms with van der Waals surface area (Å²) in [4.78, 5) is 0. The van der Waals surface area contributed by atoms with Crippen molar-refractivity contribution in [3.63, 3.8) is 0 Å². The quantitative estimate of drug-likeness (QED) is 0.142. The summed E-state index contributed by atoms with van der Waals surface area (Å²) < 4.78 is 0. The first kappa shape index (κ1) is 31.5. The van der Waals surface area contributed by atoms with Gasteiger partial charge >= 0.3 is 0 Å². The van der Waals surface area contributed by atoms with E-state index < -0.39 is 0 Å². The Hall–Kier alpha value is 0.929. The van der Waals surface area contributed by atoms with Gasteiger partial charge in [0, 0.05) is 17.1 Å². The van der Waals surface area contributed by atoms with Crippen molar-refractivity contribution in [2.24, 2.45) is 47.3 Å². The van der Waals surface area contributed by atoms with Crippen molar-refractivity contribution in [3.8, 4) is 0 Å². The molecule has 8 unspecified atom stereocenters. The SMILES string of the molecule is C1CCC2C3NC(NC4NC(NC5NC(NC6NC(N3)C3CCCCC63)C3CCCCC53)C3CCCCC43)C2C1.I.[Cu]. The van der Waals surface area contributed by atoms with Crippen molar-refractivity contribution in [3.05, 3.63) is 0 Å². The summed E-state index contributed by atoms with van der Waals surface area (Å²) in [5.41, 5.74) is 0. The number of rotatable bonds is 0. The van der Waals surface area contributed by atoms with Crippen LogP contribution >= 0.6 is 24.0 Å². The molecule has 5 heterocycles. The molecule has 8 N–H and O–H groups in total. The first-order chi connectivity index (χ1) is 19.8. The fourth-order valence-corrected chi connectivity index (χ4v) is 12.0. The molecule has 9 fully saturated rings. The monoisotopic (exact) mass is 743 g/mol. The van der Waals surface area contributed by atoms with Gasteiger partial charge in [-0.15, -0.1) is 24.0 Å². The molecule has 0 aromatic rings. The van der Waals surface area contributed by atoms with E-state index in [0.717, 1.165) is 47.3 Å². The molecule has 8 atom stereocenters. The minimum absolute atomic E-state index is 0. The molecule has 9 aliphatic rings. The van der Waals surface area contributed by atoms with E-state index in [1.54, 1.807) is 0 Å². The summed E-state index contributed by atoms with van der Waals surface area (Å²) in [6.45, 7) is 0. The Morgan fingerprint density at radius 3 is 0.476 bits per heavy atom. The Morgan fingerprint density at radius 1 is 0.238 bits per heavy atom.